The standard InChI is InChI=1S/C8H9BrF2N2O/c9-7-6(8(10)11)5(1-12)4(3-14)2-13-7/h2,8,14H,1,3,12H2. The molecule has 0 aliphatic rings. The molecule has 0 aliphatic carbocycles. The van der Waals surface area contributed by atoms with E-state index < -0.39 is 6.43 Å². The van der Waals surface area contributed by atoms with Crippen LogP contribution in [0.1, 0.15) is 23.1 Å². The van der Waals surface area contributed by atoms with Crippen LogP contribution in [0.5, 0.6) is 0 Å². The smallest absolute Gasteiger partial charge is 0.266 e. The molecule has 78 valence electrons. The average molecular weight is 267 g/mol. The van der Waals surface area contributed by atoms with Crippen molar-refractivity contribution in [3.05, 3.63) is 27.5 Å². The van der Waals surface area contributed by atoms with Crippen LogP contribution in [0.15, 0.2) is 10.8 Å². The second kappa shape index (κ2) is 4.77. The van der Waals surface area contributed by atoms with Crippen molar-refractivity contribution in [2.45, 2.75) is 19.6 Å². The number of hydrogen-bond acceptors (Lipinski definition) is 3. The molecule has 0 bridgehead atoms. The topological polar surface area (TPSA) is 59.1 Å². The summed E-state index contributed by atoms with van der Waals surface area (Å²) in [5.74, 6) is 0. The molecule has 0 radical (unpaired) electrons. The number of alkyl halides is 2. The van der Waals surface area contributed by atoms with Crippen molar-refractivity contribution in [3.8, 4) is 0 Å². The second-order valence-corrected chi connectivity index (χ2v) is 3.38. The number of pyridine rings is 1. The van der Waals surface area contributed by atoms with Crippen LogP contribution in [0.4, 0.5) is 8.78 Å². The van der Waals surface area contributed by atoms with Gasteiger partial charge in [-0.15, -0.1) is 0 Å². The van der Waals surface area contributed by atoms with Gasteiger partial charge in [-0.05, 0) is 21.5 Å². The summed E-state index contributed by atoms with van der Waals surface area (Å²) < 4.78 is 25.2. The highest BCUT2D eigenvalue weighted by Gasteiger charge is 2.19. The average Bonchev–Trinajstić information content (AvgIpc) is 2.16. The molecule has 0 unspecified atom stereocenters. The van der Waals surface area contributed by atoms with Crippen molar-refractivity contribution in [3.63, 3.8) is 0 Å². The lowest BCUT2D eigenvalue weighted by Crippen LogP contribution is -2.08. The Hall–Kier alpha value is -0.590. The Kier molecular flexibility index (Phi) is 3.91. The molecule has 0 fully saturated rings. The summed E-state index contributed by atoms with van der Waals surface area (Å²) in [7, 11) is 0. The van der Waals surface area contributed by atoms with Crippen LogP contribution < -0.4 is 5.73 Å². The van der Waals surface area contributed by atoms with E-state index in [9.17, 15) is 8.78 Å². The second-order valence-electron chi connectivity index (χ2n) is 2.63. The lowest BCUT2D eigenvalue weighted by atomic mass is 10.1. The van der Waals surface area contributed by atoms with Gasteiger partial charge in [-0.1, -0.05) is 0 Å². The number of rotatable bonds is 3. The molecule has 1 heterocycles. The highest BCUT2D eigenvalue weighted by Crippen LogP contribution is 2.30. The third-order valence-corrected chi connectivity index (χ3v) is 2.49. The van der Waals surface area contributed by atoms with E-state index in [1.54, 1.807) is 0 Å². The molecular formula is C8H9BrF2N2O. The molecule has 0 aromatic carbocycles. The zero-order chi connectivity index (χ0) is 10.7. The number of nitrogens with two attached hydrogens (primary N) is 1. The molecule has 0 amide bonds. The normalized spacial score (nSPS) is 11.0. The summed E-state index contributed by atoms with van der Waals surface area (Å²) in [6, 6.07) is 0. The first-order chi connectivity index (χ1) is 6.61. The lowest BCUT2D eigenvalue weighted by Gasteiger charge is -2.12. The van der Waals surface area contributed by atoms with Crippen LogP contribution in [-0.4, -0.2) is 10.1 Å². The van der Waals surface area contributed by atoms with E-state index in [2.05, 4.69) is 20.9 Å². The zero-order valence-corrected chi connectivity index (χ0v) is 8.76. The Morgan fingerprint density at radius 2 is 2.21 bits per heavy atom. The van der Waals surface area contributed by atoms with Crippen molar-refractivity contribution in [1.29, 1.82) is 0 Å². The number of aliphatic hydroxyl groups is 1. The summed E-state index contributed by atoms with van der Waals surface area (Å²) in [6.45, 7) is -0.386. The summed E-state index contributed by atoms with van der Waals surface area (Å²) in [5.41, 5.74) is 5.70. The fourth-order valence-electron chi connectivity index (χ4n) is 1.18. The first kappa shape index (κ1) is 11.5. The fraction of sp³-hybridized carbons (Fsp3) is 0.375. The van der Waals surface area contributed by atoms with E-state index in [-0.39, 0.29) is 28.9 Å². The third-order valence-electron chi connectivity index (χ3n) is 1.86. The van der Waals surface area contributed by atoms with Crippen molar-refractivity contribution in [2.24, 2.45) is 5.73 Å². The predicted molar refractivity (Wildman–Crippen MR) is 50.7 cm³/mol. The molecule has 0 atom stereocenters. The Morgan fingerprint density at radius 3 is 2.64 bits per heavy atom. The van der Waals surface area contributed by atoms with E-state index in [1.807, 2.05) is 0 Å². The predicted octanol–water partition coefficient (Wildman–Crippen LogP) is 1.73. The van der Waals surface area contributed by atoms with Gasteiger partial charge in [0, 0.05) is 18.3 Å². The van der Waals surface area contributed by atoms with Crippen molar-refractivity contribution in [1.82, 2.24) is 4.98 Å². The largest absolute Gasteiger partial charge is 0.392 e. The molecule has 6 heteroatoms. The van der Waals surface area contributed by atoms with Gasteiger partial charge in [0.2, 0.25) is 0 Å². The van der Waals surface area contributed by atoms with Crippen LogP contribution in [0.2, 0.25) is 0 Å². The van der Waals surface area contributed by atoms with E-state index in [1.165, 1.54) is 6.20 Å². The number of aliphatic hydroxyl groups excluding tert-OH is 1. The molecule has 0 saturated heterocycles. The summed E-state index contributed by atoms with van der Waals surface area (Å²) in [5, 5.41) is 8.89. The Balaban J connectivity index is 3.35. The van der Waals surface area contributed by atoms with Crippen molar-refractivity contribution in [2.75, 3.05) is 0 Å². The van der Waals surface area contributed by atoms with Gasteiger partial charge in [-0.25, -0.2) is 13.8 Å². The summed E-state index contributed by atoms with van der Waals surface area (Å²) in [6.07, 6.45) is -1.32. The summed E-state index contributed by atoms with van der Waals surface area (Å²) in [4.78, 5) is 3.70. The maximum Gasteiger partial charge on any atom is 0.266 e. The van der Waals surface area contributed by atoms with Crippen LogP contribution in [-0.2, 0) is 13.2 Å². The summed E-state index contributed by atoms with van der Waals surface area (Å²) >= 11 is 2.92. The van der Waals surface area contributed by atoms with Gasteiger partial charge < -0.3 is 10.8 Å². The van der Waals surface area contributed by atoms with Gasteiger partial charge in [0.05, 0.1) is 12.2 Å². The molecule has 1 aromatic rings. The van der Waals surface area contributed by atoms with Crippen LogP contribution in [0.3, 0.4) is 0 Å². The number of aromatic nitrogens is 1. The van der Waals surface area contributed by atoms with Gasteiger partial charge in [0.15, 0.2) is 0 Å². The Bertz CT molecular complexity index is 333. The van der Waals surface area contributed by atoms with Gasteiger partial charge >= 0.3 is 0 Å². The first-order valence-corrected chi connectivity index (χ1v) is 4.66. The molecular weight excluding hydrogens is 258 g/mol. The molecule has 3 N–H and O–H groups in total. The van der Waals surface area contributed by atoms with Gasteiger partial charge in [-0.3, -0.25) is 0 Å². The maximum absolute atomic E-state index is 12.6. The van der Waals surface area contributed by atoms with Crippen LogP contribution >= 0.6 is 15.9 Å². The number of halogens is 3. The molecule has 0 spiro atoms. The Labute approximate surface area is 88.1 Å². The van der Waals surface area contributed by atoms with Crippen LogP contribution in [0.25, 0.3) is 0 Å². The number of hydrogen-bond donors (Lipinski definition) is 2. The molecule has 3 nitrogen and oxygen atoms in total. The first-order valence-electron chi connectivity index (χ1n) is 3.87. The highest BCUT2D eigenvalue weighted by atomic mass is 79.9. The molecule has 0 saturated carbocycles. The van der Waals surface area contributed by atoms with Gasteiger partial charge in [-0.2, -0.15) is 0 Å². The molecule has 1 rings (SSSR count). The van der Waals surface area contributed by atoms with Crippen molar-refractivity contribution >= 4 is 15.9 Å². The van der Waals surface area contributed by atoms with Gasteiger partial charge in [0.25, 0.3) is 6.43 Å². The SMILES string of the molecule is NCc1c(CO)cnc(Br)c1C(F)F. The van der Waals surface area contributed by atoms with Gasteiger partial charge in [0.1, 0.15) is 4.60 Å². The molecule has 14 heavy (non-hydrogen) atoms. The third kappa shape index (κ3) is 2.08. The van der Waals surface area contributed by atoms with E-state index in [0.717, 1.165) is 0 Å². The minimum atomic E-state index is -2.65. The van der Waals surface area contributed by atoms with E-state index in [0.29, 0.717) is 5.56 Å². The lowest BCUT2D eigenvalue weighted by molar-refractivity contribution is 0.148. The zero-order valence-electron chi connectivity index (χ0n) is 7.17. The molecule has 1 aromatic heterocycles. The minimum absolute atomic E-state index is 0.0450. The quantitative estimate of drug-likeness (QED) is 0.820. The minimum Gasteiger partial charge on any atom is -0.392 e. The van der Waals surface area contributed by atoms with Crippen molar-refractivity contribution < 1.29 is 13.9 Å². The van der Waals surface area contributed by atoms with E-state index in [4.69, 9.17) is 10.8 Å². The van der Waals surface area contributed by atoms with E-state index >= 15 is 0 Å². The molecule has 0 aliphatic heterocycles. The van der Waals surface area contributed by atoms with Crippen LogP contribution in [0, 0.1) is 0 Å². The number of nitrogens with zero attached hydrogens (tertiary/aromatic N) is 1. The monoisotopic (exact) mass is 266 g/mol. The fourth-order valence-corrected chi connectivity index (χ4v) is 1.69. The maximum atomic E-state index is 12.6. The Morgan fingerprint density at radius 1 is 1.57 bits per heavy atom. The highest BCUT2D eigenvalue weighted by molar-refractivity contribution is 9.10.